The molecule has 2 aromatic rings. The van der Waals surface area contributed by atoms with E-state index in [1.807, 2.05) is 6.07 Å². The predicted octanol–water partition coefficient (Wildman–Crippen LogP) is 1.99. The second-order valence-electron chi connectivity index (χ2n) is 5.99. The maximum atomic E-state index is 12.1. The van der Waals surface area contributed by atoms with Gasteiger partial charge in [-0.1, -0.05) is 12.1 Å². The first-order chi connectivity index (χ1) is 13.6. The van der Waals surface area contributed by atoms with Gasteiger partial charge in [-0.05, 0) is 36.4 Å². The standard InChI is InChI=1S/C20H20N2O6/c1-26-15-8-6-14(7-9-15)21-18(23)12-28-20(25)10-11-22-16-4-2-3-5-17(16)27-13-19(22)24/h2-9H,10-13H2,1H3,(H,21,23). The Morgan fingerprint density at radius 3 is 2.64 bits per heavy atom. The maximum Gasteiger partial charge on any atom is 0.308 e. The molecule has 28 heavy (non-hydrogen) atoms. The van der Waals surface area contributed by atoms with Crippen LogP contribution in [0.1, 0.15) is 6.42 Å². The van der Waals surface area contributed by atoms with Gasteiger partial charge in [-0.25, -0.2) is 0 Å². The molecule has 1 aliphatic heterocycles. The van der Waals surface area contributed by atoms with Gasteiger partial charge in [0.1, 0.15) is 11.5 Å². The third-order valence-electron chi connectivity index (χ3n) is 4.09. The molecule has 0 spiro atoms. The monoisotopic (exact) mass is 384 g/mol. The second-order valence-corrected chi connectivity index (χ2v) is 5.99. The van der Waals surface area contributed by atoms with Crippen molar-refractivity contribution in [2.75, 3.05) is 37.1 Å². The largest absolute Gasteiger partial charge is 0.497 e. The van der Waals surface area contributed by atoms with E-state index in [-0.39, 0.29) is 25.5 Å². The summed E-state index contributed by atoms with van der Waals surface area (Å²) in [5.74, 6) is 0.00899. The minimum absolute atomic E-state index is 0.0319. The number of fused-ring (bicyclic) bond motifs is 1. The topological polar surface area (TPSA) is 94.2 Å². The van der Waals surface area contributed by atoms with E-state index in [1.54, 1.807) is 49.6 Å². The molecule has 2 amide bonds. The molecule has 0 aromatic heterocycles. The third kappa shape index (κ3) is 4.79. The van der Waals surface area contributed by atoms with Gasteiger partial charge in [-0.15, -0.1) is 0 Å². The molecular formula is C20H20N2O6. The number of rotatable bonds is 7. The lowest BCUT2D eigenvalue weighted by Crippen LogP contribution is -2.40. The highest BCUT2D eigenvalue weighted by Gasteiger charge is 2.25. The van der Waals surface area contributed by atoms with Gasteiger partial charge < -0.3 is 24.4 Å². The van der Waals surface area contributed by atoms with Gasteiger partial charge in [0, 0.05) is 12.2 Å². The average Bonchev–Trinajstić information content (AvgIpc) is 2.72. The van der Waals surface area contributed by atoms with E-state index in [2.05, 4.69) is 5.32 Å². The van der Waals surface area contributed by atoms with Crippen LogP contribution in [-0.4, -0.2) is 44.7 Å². The van der Waals surface area contributed by atoms with E-state index in [0.717, 1.165) is 0 Å². The molecule has 1 aliphatic rings. The Balaban J connectivity index is 1.45. The van der Waals surface area contributed by atoms with Crippen molar-refractivity contribution < 1.29 is 28.6 Å². The zero-order chi connectivity index (χ0) is 19.9. The number of nitrogens with zero attached hydrogens (tertiary/aromatic N) is 1. The highest BCUT2D eigenvalue weighted by molar-refractivity contribution is 5.98. The molecule has 0 atom stereocenters. The fourth-order valence-corrected chi connectivity index (χ4v) is 2.69. The van der Waals surface area contributed by atoms with Crippen LogP contribution in [-0.2, 0) is 19.1 Å². The summed E-state index contributed by atoms with van der Waals surface area (Å²) in [6, 6.07) is 13.9. The number of nitrogens with one attached hydrogen (secondary N) is 1. The van der Waals surface area contributed by atoms with Crippen molar-refractivity contribution in [2.45, 2.75) is 6.42 Å². The van der Waals surface area contributed by atoms with Crippen LogP contribution < -0.4 is 19.7 Å². The summed E-state index contributed by atoms with van der Waals surface area (Å²) < 4.78 is 15.4. The van der Waals surface area contributed by atoms with Crippen LogP contribution in [0.3, 0.4) is 0 Å². The fourth-order valence-electron chi connectivity index (χ4n) is 2.69. The Hall–Kier alpha value is -3.55. The molecule has 2 aromatic carbocycles. The second kappa shape index (κ2) is 8.90. The Morgan fingerprint density at radius 2 is 1.89 bits per heavy atom. The van der Waals surface area contributed by atoms with Crippen molar-refractivity contribution in [3.63, 3.8) is 0 Å². The molecule has 0 bridgehead atoms. The van der Waals surface area contributed by atoms with Crippen LogP contribution in [0.2, 0.25) is 0 Å². The van der Waals surface area contributed by atoms with Gasteiger partial charge in [0.05, 0.1) is 19.2 Å². The van der Waals surface area contributed by atoms with E-state index >= 15 is 0 Å². The molecular weight excluding hydrogens is 364 g/mol. The summed E-state index contributed by atoms with van der Waals surface area (Å²) in [7, 11) is 1.55. The lowest BCUT2D eigenvalue weighted by molar-refractivity contribution is -0.147. The maximum absolute atomic E-state index is 12.1. The molecule has 8 nitrogen and oxygen atoms in total. The fraction of sp³-hybridized carbons (Fsp3) is 0.250. The number of hydrogen-bond donors (Lipinski definition) is 1. The molecule has 146 valence electrons. The Bertz CT molecular complexity index is 865. The number of carbonyl (C=O) groups excluding carboxylic acids is 3. The number of hydrogen-bond acceptors (Lipinski definition) is 6. The molecule has 1 heterocycles. The highest BCUT2D eigenvalue weighted by Crippen LogP contribution is 2.31. The zero-order valence-electron chi connectivity index (χ0n) is 15.3. The van der Waals surface area contributed by atoms with Crippen molar-refractivity contribution >= 4 is 29.2 Å². The number of methoxy groups -OCH3 is 1. The summed E-state index contributed by atoms with van der Waals surface area (Å²) in [5, 5.41) is 2.62. The first kappa shape index (κ1) is 19.2. The summed E-state index contributed by atoms with van der Waals surface area (Å²) >= 11 is 0. The Morgan fingerprint density at radius 1 is 1.14 bits per heavy atom. The van der Waals surface area contributed by atoms with Crippen molar-refractivity contribution in [1.82, 2.24) is 0 Å². The van der Waals surface area contributed by atoms with Crippen LogP contribution in [0.15, 0.2) is 48.5 Å². The first-order valence-corrected chi connectivity index (χ1v) is 8.68. The highest BCUT2D eigenvalue weighted by atomic mass is 16.5. The normalized spacial score (nSPS) is 12.6. The van der Waals surface area contributed by atoms with Crippen LogP contribution >= 0.6 is 0 Å². The molecule has 1 N–H and O–H groups in total. The number of carbonyl (C=O) groups is 3. The first-order valence-electron chi connectivity index (χ1n) is 8.68. The molecule has 0 radical (unpaired) electrons. The third-order valence-corrected chi connectivity index (χ3v) is 4.09. The molecule has 3 rings (SSSR count). The van der Waals surface area contributed by atoms with Gasteiger partial charge >= 0.3 is 5.97 Å². The zero-order valence-corrected chi connectivity index (χ0v) is 15.3. The minimum Gasteiger partial charge on any atom is -0.497 e. The lowest BCUT2D eigenvalue weighted by Gasteiger charge is -2.28. The summed E-state index contributed by atoms with van der Waals surface area (Å²) in [6.07, 6.45) is -0.0319. The molecule has 0 fully saturated rings. The van der Waals surface area contributed by atoms with Gasteiger partial charge in [0.25, 0.3) is 11.8 Å². The lowest BCUT2D eigenvalue weighted by atomic mass is 10.2. The molecule has 0 unspecified atom stereocenters. The van der Waals surface area contributed by atoms with Gasteiger partial charge in [0.15, 0.2) is 13.2 Å². The van der Waals surface area contributed by atoms with Crippen LogP contribution in [0.5, 0.6) is 11.5 Å². The predicted molar refractivity (Wildman–Crippen MR) is 101 cm³/mol. The van der Waals surface area contributed by atoms with Crippen LogP contribution in [0.25, 0.3) is 0 Å². The van der Waals surface area contributed by atoms with Crippen molar-refractivity contribution in [3.8, 4) is 11.5 Å². The van der Waals surface area contributed by atoms with Gasteiger partial charge in [-0.2, -0.15) is 0 Å². The smallest absolute Gasteiger partial charge is 0.308 e. The molecule has 0 saturated carbocycles. The van der Waals surface area contributed by atoms with Crippen molar-refractivity contribution in [3.05, 3.63) is 48.5 Å². The number of esters is 1. The quantitative estimate of drug-likeness (QED) is 0.734. The number of anilines is 2. The molecule has 8 heteroatoms. The molecule has 0 aliphatic carbocycles. The Kier molecular flexibility index (Phi) is 6.11. The number of benzene rings is 2. The van der Waals surface area contributed by atoms with E-state index in [4.69, 9.17) is 14.2 Å². The summed E-state index contributed by atoms with van der Waals surface area (Å²) in [5.41, 5.74) is 1.18. The van der Waals surface area contributed by atoms with Gasteiger partial charge in [-0.3, -0.25) is 14.4 Å². The van der Waals surface area contributed by atoms with Crippen molar-refractivity contribution in [1.29, 1.82) is 0 Å². The van der Waals surface area contributed by atoms with Crippen LogP contribution in [0.4, 0.5) is 11.4 Å². The SMILES string of the molecule is COc1ccc(NC(=O)COC(=O)CCN2C(=O)COc3ccccc32)cc1. The molecule has 0 saturated heterocycles. The van der Waals surface area contributed by atoms with E-state index < -0.39 is 18.5 Å². The Labute approximate surface area is 162 Å². The van der Waals surface area contributed by atoms with E-state index in [1.165, 1.54) is 4.90 Å². The average molecular weight is 384 g/mol. The van der Waals surface area contributed by atoms with Gasteiger partial charge in [0.2, 0.25) is 0 Å². The minimum atomic E-state index is -0.568. The van der Waals surface area contributed by atoms with E-state index in [9.17, 15) is 14.4 Å². The summed E-state index contributed by atoms with van der Waals surface area (Å²) in [4.78, 5) is 37.4. The van der Waals surface area contributed by atoms with E-state index in [0.29, 0.717) is 22.9 Å². The number of ether oxygens (including phenoxy) is 3. The van der Waals surface area contributed by atoms with Crippen LogP contribution in [0, 0.1) is 0 Å². The number of amides is 2. The number of para-hydroxylation sites is 2. The summed E-state index contributed by atoms with van der Waals surface area (Å²) in [6.45, 7) is -0.326. The van der Waals surface area contributed by atoms with Crippen molar-refractivity contribution in [2.24, 2.45) is 0 Å².